The number of carbonyl (C=O) groups is 1. The second-order valence-electron chi connectivity index (χ2n) is 9.93. The first-order chi connectivity index (χ1) is 17.5. The molecule has 2 heterocycles. The fraction of sp³-hybridized carbons (Fsp3) is 0.310. The Kier molecular flexibility index (Phi) is 5.84. The summed E-state index contributed by atoms with van der Waals surface area (Å²) in [7, 11) is 0. The van der Waals surface area contributed by atoms with Crippen LogP contribution in [0.2, 0.25) is 5.02 Å². The number of halogens is 1. The van der Waals surface area contributed by atoms with E-state index in [1.165, 1.54) is 6.42 Å². The third-order valence-corrected chi connectivity index (χ3v) is 7.81. The number of pyridine rings is 1. The van der Waals surface area contributed by atoms with E-state index in [-0.39, 0.29) is 6.10 Å². The fourth-order valence-corrected chi connectivity index (χ4v) is 5.31. The molecular formula is C29H29ClN4O2. The molecule has 0 unspecified atom stereocenters. The van der Waals surface area contributed by atoms with Crippen LogP contribution in [0.5, 0.6) is 0 Å². The summed E-state index contributed by atoms with van der Waals surface area (Å²) in [6.45, 7) is 1.93. The zero-order valence-corrected chi connectivity index (χ0v) is 21.0. The Hall–Kier alpha value is -3.51. The van der Waals surface area contributed by atoms with Crippen LogP contribution in [0.15, 0.2) is 60.8 Å². The van der Waals surface area contributed by atoms with E-state index in [0.717, 1.165) is 64.8 Å². The van der Waals surface area contributed by atoms with Crippen LogP contribution in [-0.4, -0.2) is 21.7 Å². The van der Waals surface area contributed by atoms with Crippen LogP contribution in [0.3, 0.4) is 0 Å². The molecule has 0 spiro atoms. The van der Waals surface area contributed by atoms with Crippen molar-refractivity contribution < 1.29 is 9.53 Å². The summed E-state index contributed by atoms with van der Waals surface area (Å²) < 4.78 is 7.86. The van der Waals surface area contributed by atoms with Crippen molar-refractivity contribution in [1.29, 1.82) is 0 Å². The maximum absolute atomic E-state index is 12.4. The number of nitrogens with one attached hydrogen (secondary N) is 1. The lowest BCUT2D eigenvalue weighted by molar-refractivity contribution is 0.108. The molecule has 6 rings (SSSR count). The number of hydrogen-bond donors (Lipinski definition) is 2. The highest BCUT2D eigenvalue weighted by atomic mass is 35.5. The SMILES string of the molecule is C[C@@H](OC(=O)Nc1ccc(-c2c(N)c3ccc(-c4ccccn4)cc3n2C2CCC2)cc1Cl)C1CC1. The number of nitrogen functional groups attached to an aromatic ring is 1. The van der Waals surface area contributed by atoms with E-state index in [4.69, 9.17) is 22.1 Å². The smallest absolute Gasteiger partial charge is 0.411 e. The number of benzene rings is 2. The lowest BCUT2D eigenvalue weighted by Gasteiger charge is -2.30. The van der Waals surface area contributed by atoms with E-state index in [1.807, 2.05) is 49.5 Å². The molecule has 0 saturated heterocycles. The summed E-state index contributed by atoms with van der Waals surface area (Å²) in [5.74, 6) is 0.475. The number of nitrogens with zero attached hydrogens (tertiary/aromatic N) is 2. The van der Waals surface area contributed by atoms with Gasteiger partial charge in [0.15, 0.2) is 0 Å². The largest absolute Gasteiger partial charge is 0.446 e. The second kappa shape index (κ2) is 9.17. The molecule has 2 aromatic carbocycles. The van der Waals surface area contributed by atoms with Crippen LogP contribution in [0.1, 0.15) is 45.1 Å². The van der Waals surface area contributed by atoms with Gasteiger partial charge in [0.2, 0.25) is 0 Å². The normalized spacial score (nSPS) is 16.5. The molecule has 2 aliphatic rings. The van der Waals surface area contributed by atoms with Gasteiger partial charge in [0, 0.05) is 28.8 Å². The summed E-state index contributed by atoms with van der Waals surface area (Å²) in [6, 6.07) is 18.3. The van der Waals surface area contributed by atoms with E-state index in [0.29, 0.717) is 22.7 Å². The maximum Gasteiger partial charge on any atom is 0.411 e. The summed E-state index contributed by atoms with van der Waals surface area (Å²) in [5.41, 5.74) is 13.0. The topological polar surface area (TPSA) is 82.2 Å². The predicted molar refractivity (Wildman–Crippen MR) is 145 cm³/mol. The molecule has 6 nitrogen and oxygen atoms in total. The Balaban J connectivity index is 1.37. The minimum atomic E-state index is -0.478. The van der Waals surface area contributed by atoms with Gasteiger partial charge < -0.3 is 15.0 Å². The van der Waals surface area contributed by atoms with Crippen molar-refractivity contribution in [2.24, 2.45) is 5.92 Å². The number of aromatic nitrogens is 2. The Labute approximate surface area is 215 Å². The first-order valence-electron chi connectivity index (χ1n) is 12.6. The molecule has 2 saturated carbocycles. The monoisotopic (exact) mass is 500 g/mol. The van der Waals surface area contributed by atoms with Gasteiger partial charge in [0.25, 0.3) is 0 Å². The number of amides is 1. The van der Waals surface area contributed by atoms with Crippen molar-refractivity contribution in [1.82, 2.24) is 9.55 Å². The number of anilines is 2. The van der Waals surface area contributed by atoms with Crippen LogP contribution in [0.4, 0.5) is 16.2 Å². The number of hydrogen-bond acceptors (Lipinski definition) is 4. The van der Waals surface area contributed by atoms with Crippen molar-refractivity contribution in [2.75, 3.05) is 11.1 Å². The summed E-state index contributed by atoms with van der Waals surface area (Å²) >= 11 is 6.64. The fourth-order valence-electron chi connectivity index (χ4n) is 5.08. The number of nitrogens with two attached hydrogens (primary N) is 1. The predicted octanol–water partition coefficient (Wildman–Crippen LogP) is 7.68. The highest BCUT2D eigenvalue weighted by Crippen LogP contribution is 2.45. The van der Waals surface area contributed by atoms with Gasteiger partial charge in [-0.15, -0.1) is 0 Å². The van der Waals surface area contributed by atoms with E-state index in [1.54, 1.807) is 0 Å². The summed E-state index contributed by atoms with van der Waals surface area (Å²) in [4.78, 5) is 16.9. The van der Waals surface area contributed by atoms with Crippen molar-refractivity contribution in [3.63, 3.8) is 0 Å². The lowest BCUT2D eigenvalue weighted by Crippen LogP contribution is -2.21. The Morgan fingerprint density at radius 3 is 2.58 bits per heavy atom. The molecule has 184 valence electrons. The van der Waals surface area contributed by atoms with E-state index in [9.17, 15) is 4.79 Å². The van der Waals surface area contributed by atoms with Gasteiger partial charge in [-0.1, -0.05) is 35.9 Å². The summed E-state index contributed by atoms with van der Waals surface area (Å²) in [5, 5.41) is 4.26. The number of rotatable bonds is 6. The van der Waals surface area contributed by atoms with Crippen molar-refractivity contribution >= 4 is 40.0 Å². The standard InChI is InChI=1S/C29H29ClN4O2/c1-17(18-8-9-18)36-29(35)33-25-13-11-20(15-23(25)30)28-27(31)22-12-10-19(24-7-2-3-14-32-24)16-26(22)34(28)21-5-4-6-21/h2-3,7,10-18,21H,4-6,8-9,31H2,1H3,(H,33,35)/t17-/m1/s1. The maximum atomic E-state index is 12.4. The summed E-state index contributed by atoms with van der Waals surface area (Å²) in [6.07, 6.45) is 6.91. The van der Waals surface area contributed by atoms with Gasteiger partial charge in [0.05, 0.1) is 33.3 Å². The molecule has 2 aliphatic carbocycles. The molecular weight excluding hydrogens is 472 g/mol. The number of ether oxygens (including phenoxy) is 1. The van der Waals surface area contributed by atoms with E-state index in [2.05, 4.69) is 33.1 Å². The third-order valence-electron chi connectivity index (χ3n) is 7.50. The Morgan fingerprint density at radius 1 is 1.11 bits per heavy atom. The molecule has 3 N–H and O–H groups in total. The van der Waals surface area contributed by atoms with Gasteiger partial charge in [-0.3, -0.25) is 10.3 Å². The molecule has 2 fully saturated rings. The molecule has 7 heteroatoms. The molecule has 1 atom stereocenters. The van der Waals surface area contributed by atoms with E-state index >= 15 is 0 Å². The third kappa shape index (κ3) is 4.20. The average Bonchev–Trinajstić information content (AvgIpc) is 3.66. The van der Waals surface area contributed by atoms with E-state index < -0.39 is 6.09 Å². The van der Waals surface area contributed by atoms with Gasteiger partial charge in [-0.2, -0.15) is 0 Å². The molecule has 36 heavy (non-hydrogen) atoms. The average molecular weight is 501 g/mol. The van der Waals surface area contributed by atoms with Crippen LogP contribution in [0.25, 0.3) is 33.4 Å². The highest BCUT2D eigenvalue weighted by Gasteiger charge is 2.31. The molecule has 0 bridgehead atoms. The zero-order chi connectivity index (χ0) is 24.8. The lowest BCUT2D eigenvalue weighted by atomic mass is 9.92. The first-order valence-corrected chi connectivity index (χ1v) is 13.0. The highest BCUT2D eigenvalue weighted by molar-refractivity contribution is 6.34. The van der Waals surface area contributed by atoms with Gasteiger partial charge in [-0.25, -0.2) is 4.79 Å². The molecule has 0 radical (unpaired) electrons. The van der Waals surface area contributed by atoms with Crippen molar-refractivity contribution in [3.8, 4) is 22.5 Å². The Bertz CT molecular complexity index is 1440. The van der Waals surface area contributed by atoms with Gasteiger partial charge >= 0.3 is 6.09 Å². The van der Waals surface area contributed by atoms with Crippen LogP contribution in [-0.2, 0) is 4.74 Å². The number of fused-ring (bicyclic) bond motifs is 1. The molecule has 4 aromatic rings. The molecule has 1 amide bonds. The van der Waals surface area contributed by atoms with Crippen molar-refractivity contribution in [2.45, 2.75) is 51.2 Å². The minimum Gasteiger partial charge on any atom is -0.446 e. The number of carbonyl (C=O) groups excluding carboxylic acids is 1. The minimum absolute atomic E-state index is 0.0861. The van der Waals surface area contributed by atoms with Gasteiger partial charge in [0.1, 0.15) is 6.10 Å². The Morgan fingerprint density at radius 2 is 1.92 bits per heavy atom. The zero-order valence-electron chi connectivity index (χ0n) is 20.2. The van der Waals surface area contributed by atoms with Crippen molar-refractivity contribution in [3.05, 3.63) is 65.8 Å². The second-order valence-corrected chi connectivity index (χ2v) is 10.3. The van der Waals surface area contributed by atoms with Crippen LogP contribution < -0.4 is 11.1 Å². The van der Waals surface area contributed by atoms with Crippen LogP contribution in [0, 0.1) is 5.92 Å². The quantitative estimate of drug-likeness (QED) is 0.284. The molecule has 2 aromatic heterocycles. The van der Waals surface area contributed by atoms with Crippen LogP contribution >= 0.6 is 11.6 Å². The van der Waals surface area contributed by atoms with Gasteiger partial charge in [-0.05, 0) is 75.3 Å². The molecule has 0 aliphatic heterocycles. The first kappa shape index (κ1) is 22.9.